The summed E-state index contributed by atoms with van der Waals surface area (Å²) in [5.41, 5.74) is 4.77. The Labute approximate surface area is 148 Å². The van der Waals surface area contributed by atoms with Gasteiger partial charge in [-0.05, 0) is 31.2 Å². The summed E-state index contributed by atoms with van der Waals surface area (Å²) < 4.78 is 0. The maximum Gasteiger partial charge on any atom is 0.234 e. The number of aromatic amines is 1. The molecular weight excluding hydrogens is 332 g/mol. The highest BCUT2D eigenvalue weighted by Gasteiger charge is 2.12. The van der Waals surface area contributed by atoms with Crippen molar-refractivity contribution in [2.75, 3.05) is 11.1 Å². The summed E-state index contributed by atoms with van der Waals surface area (Å²) in [4.78, 5) is 24.3. The number of para-hydroxylation sites is 1. The lowest BCUT2D eigenvalue weighted by molar-refractivity contribution is -0.113. The predicted molar refractivity (Wildman–Crippen MR) is 102 cm³/mol. The van der Waals surface area contributed by atoms with Crippen molar-refractivity contribution in [1.29, 1.82) is 0 Å². The average molecular weight is 348 g/mol. The van der Waals surface area contributed by atoms with E-state index in [0.29, 0.717) is 0 Å². The number of carbonyl (C=O) groups is 1. The zero-order valence-electron chi connectivity index (χ0n) is 13.6. The standard InChI is InChI=1S/C19H16N4OS/c1-12-7-8-15-14(9-12)17-18(23-15)19(21-11-20-17)25-10-16(24)22-13-5-3-2-4-6-13/h2-9,11,23H,10H2,1H3,(H,22,24). The number of anilines is 1. The molecule has 1 amide bonds. The maximum atomic E-state index is 12.2. The van der Waals surface area contributed by atoms with E-state index in [1.165, 1.54) is 17.3 Å². The summed E-state index contributed by atoms with van der Waals surface area (Å²) in [6, 6.07) is 15.6. The minimum absolute atomic E-state index is 0.0603. The van der Waals surface area contributed by atoms with Crippen molar-refractivity contribution in [1.82, 2.24) is 15.0 Å². The molecule has 0 radical (unpaired) electrons. The van der Waals surface area contributed by atoms with Crippen molar-refractivity contribution >= 4 is 45.3 Å². The summed E-state index contributed by atoms with van der Waals surface area (Å²) in [5.74, 6) is 0.227. The van der Waals surface area contributed by atoms with Crippen LogP contribution in [0.3, 0.4) is 0 Å². The SMILES string of the molecule is Cc1ccc2[nH]c3c(SCC(=O)Nc4ccccc4)ncnc3c2c1. The van der Waals surface area contributed by atoms with Gasteiger partial charge in [-0.25, -0.2) is 9.97 Å². The minimum atomic E-state index is -0.0603. The van der Waals surface area contributed by atoms with Crippen molar-refractivity contribution in [3.8, 4) is 0 Å². The Bertz CT molecular complexity index is 1060. The van der Waals surface area contributed by atoms with Gasteiger partial charge in [0.15, 0.2) is 0 Å². The summed E-state index contributed by atoms with van der Waals surface area (Å²) >= 11 is 1.40. The average Bonchev–Trinajstić information content (AvgIpc) is 2.99. The topological polar surface area (TPSA) is 70.7 Å². The maximum absolute atomic E-state index is 12.2. The zero-order chi connectivity index (χ0) is 17.2. The molecule has 6 heteroatoms. The van der Waals surface area contributed by atoms with E-state index in [-0.39, 0.29) is 11.7 Å². The minimum Gasteiger partial charge on any atom is -0.351 e. The Hall–Kier alpha value is -2.86. The highest BCUT2D eigenvalue weighted by atomic mass is 32.2. The Morgan fingerprint density at radius 3 is 2.84 bits per heavy atom. The number of carbonyl (C=O) groups excluding carboxylic acids is 1. The zero-order valence-corrected chi connectivity index (χ0v) is 14.4. The second-order valence-electron chi connectivity index (χ2n) is 5.78. The van der Waals surface area contributed by atoms with Gasteiger partial charge in [0, 0.05) is 16.6 Å². The molecule has 2 aromatic heterocycles. The van der Waals surface area contributed by atoms with Gasteiger partial charge >= 0.3 is 0 Å². The van der Waals surface area contributed by atoms with Crippen LogP contribution in [0.5, 0.6) is 0 Å². The first-order valence-electron chi connectivity index (χ1n) is 7.91. The normalized spacial score (nSPS) is 11.1. The van der Waals surface area contributed by atoms with E-state index in [9.17, 15) is 4.79 Å². The molecule has 5 nitrogen and oxygen atoms in total. The fraction of sp³-hybridized carbons (Fsp3) is 0.105. The third-order valence-corrected chi connectivity index (χ3v) is 4.89. The van der Waals surface area contributed by atoms with Crippen LogP contribution in [-0.2, 0) is 4.79 Å². The van der Waals surface area contributed by atoms with Gasteiger partial charge in [0.2, 0.25) is 5.91 Å². The lowest BCUT2D eigenvalue weighted by Gasteiger charge is -2.05. The molecule has 2 heterocycles. The Balaban J connectivity index is 1.57. The number of aromatic nitrogens is 3. The fourth-order valence-corrected chi connectivity index (χ4v) is 3.50. The van der Waals surface area contributed by atoms with E-state index in [1.807, 2.05) is 36.4 Å². The van der Waals surface area contributed by atoms with E-state index >= 15 is 0 Å². The van der Waals surface area contributed by atoms with Gasteiger partial charge in [0.25, 0.3) is 0 Å². The Morgan fingerprint density at radius 2 is 2.00 bits per heavy atom. The van der Waals surface area contributed by atoms with Crippen LogP contribution in [0.15, 0.2) is 59.9 Å². The molecule has 0 aliphatic rings. The monoisotopic (exact) mass is 348 g/mol. The lowest BCUT2D eigenvalue weighted by atomic mass is 10.2. The van der Waals surface area contributed by atoms with Gasteiger partial charge in [0.1, 0.15) is 16.9 Å². The number of hydrogen-bond acceptors (Lipinski definition) is 4. The highest BCUT2D eigenvalue weighted by Crippen LogP contribution is 2.30. The van der Waals surface area contributed by atoms with Crippen LogP contribution in [0, 0.1) is 6.92 Å². The molecule has 2 N–H and O–H groups in total. The quantitative estimate of drug-likeness (QED) is 0.429. The lowest BCUT2D eigenvalue weighted by Crippen LogP contribution is -2.14. The van der Waals surface area contributed by atoms with E-state index in [0.717, 1.165) is 32.6 Å². The number of fused-ring (bicyclic) bond motifs is 3. The first-order chi connectivity index (χ1) is 12.2. The summed E-state index contributed by atoms with van der Waals surface area (Å²) in [7, 11) is 0. The van der Waals surface area contributed by atoms with Crippen LogP contribution in [0.25, 0.3) is 21.9 Å². The molecule has 0 atom stereocenters. The molecule has 0 aliphatic carbocycles. The van der Waals surface area contributed by atoms with Gasteiger partial charge < -0.3 is 10.3 Å². The second kappa shape index (κ2) is 6.57. The van der Waals surface area contributed by atoms with Crippen molar-refractivity contribution in [2.45, 2.75) is 11.9 Å². The molecule has 0 unspecified atom stereocenters. The smallest absolute Gasteiger partial charge is 0.234 e. The molecule has 0 aliphatic heterocycles. The molecule has 4 rings (SSSR count). The third-order valence-electron chi connectivity index (χ3n) is 3.90. The number of amides is 1. The van der Waals surface area contributed by atoms with Gasteiger partial charge in [-0.2, -0.15) is 0 Å². The van der Waals surface area contributed by atoms with Crippen LogP contribution in [0.4, 0.5) is 5.69 Å². The van der Waals surface area contributed by atoms with E-state index in [2.05, 4.69) is 39.3 Å². The number of benzene rings is 2. The molecule has 25 heavy (non-hydrogen) atoms. The molecule has 0 saturated carbocycles. The molecule has 2 aromatic carbocycles. The van der Waals surface area contributed by atoms with Gasteiger partial charge in [0.05, 0.1) is 11.3 Å². The van der Waals surface area contributed by atoms with E-state index < -0.39 is 0 Å². The van der Waals surface area contributed by atoms with Crippen LogP contribution in [0.1, 0.15) is 5.56 Å². The molecule has 0 fully saturated rings. The van der Waals surface area contributed by atoms with Crippen LogP contribution in [0.2, 0.25) is 0 Å². The number of thioether (sulfide) groups is 1. The Morgan fingerprint density at radius 1 is 1.16 bits per heavy atom. The van der Waals surface area contributed by atoms with E-state index in [1.54, 1.807) is 6.33 Å². The molecule has 4 aromatic rings. The number of H-pyrrole nitrogens is 1. The molecule has 0 saturated heterocycles. The Kier molecular flexibility index (Phi) is 4.11. The number of hydrogen-bond donors (Lipinski definition) is 2. The van der Waals surface area contributed by atoms with Gasteiger partial charge in [-0.15, -0.1) is 0 Å². The number of aryl methyl sites for hydroxylation is 1. The van der Waals surface area contributed by atoms with Gasteiger partial charge in [-0.1, -0.05) is 41.6 Å². The molecular formula is C19H16N4OS. The van der Waals surface area contributed by atoms with Crippen LogP contribution in [-0.4, -0.2) is 26.6 Å². The van der Waals surface area contributed by atoms with Crippen molar-refractivity contribution < 1.29 is 4.79 Å². The number of nitrogens with one attached hydrogen (secondary N) is 2. The van der Waals surface area contributed by atoms with Gasteiger partial charge in [-0.3, -0.25) is 4.79 Å². The number of rotatable bonds is 4. The van der Waals surface area contributed by atoms with Crippen molar-refractivity contribution in [3.05, 3.63) is 60.4 Å². The largest absolute Gasteiger partial charge is 0.351 e. The second-order valence-corrected chi connectivity index (χ2v) is 6.74. The summed E-state index contributed by atoms with van der Waals surface area (Å²) in [5, 5.41) is 4.74. The predicted octanol–water partition coefficient (Wildman–Crippen LogP) is 4.15. The van der Waals surface area contributed by atoms with Crippen molar-refractivity contribution in [3.63, 3.8) is 0 Å². The highest BCUT2D eigenvalue weighted by molar-refractivity contribution is 8.00. The molecule has 124 valence electrons. The fourth-order valence-electron chi connectivity index (χ4n) is 2.75. The van der Waals surface area contributed by atoms with Crippen LogP contribution < -0.4 is 5.32 Å². The first-order valence-corrected chi connectivity index (χ1v) is 8.90. The number of nitrogens with zero attached hydrogens (tertiary/aromatic N) is 2. The van der Waals surface area contributed by atoms with Crippen LogP contribution >= 0.6 is 11.8 Å². The van der Waals surface area contributed by atoms with E-state index in [4.69, 9.17) is 0 Å². The summed E-state index contributed by atoms with van der Waals surface area (Å²) in [6.45, 7) is 2.06. The summed E-state index contributed by atoms with van der Waals surface area (Å²) in [6.07, 6.45) is 1.55. The first kappa shape index (κ1) is 15.7. The third kappa shape index (κ3) is 3.21. The molecule has 0 bridgehead atoms. The van der Waals surface area contributed by atoms with Crippen molar-refractivity contribution in [2.24, 2.45) is 0 Å². The molecule has 0 spiro atoms.